The van der Waals surface area contributed by atoms with E-state index in [2.05, 4.69) is 4.90 Å². The van der Waals surface area contributed by atoms with Crippen LogP contribution in [0.5, 0.6) is 0 Å². The van der Waals surface area contributed by atoms with Crippen LogP contribution < -0.4 is 0 Å². The van der Waals surface area contributed by atoms with E-state index >= 15 is 0 Å². The van der Waals surface area contributed by atoms with Crippen LogP contribution in [0, 0.1) is 5.82 Å². The first-order valence-corrected chi connectivity index (χ1v) is 6.32. The standard InChI is InChI=1S/C14H20FNO2.ClH/c1-4-13(16(5-2)6-3)18-14(17)11-7-9-12(15)10-8-11;/h7-10,13H,4-6H2,1-3H3;1H. The molecule has 5 heteroatoms. The maximum atomic E-state index is 12.8. The second-order valence-corrected chi connectivity index (χ2v) is 4.00. The molecule has 0 fully saturated rings. The van der Waals surface area contributed by atoms with Crippen LogP contribution in [-0.4, -0.2) is 30.2 Å². The summed E-state index contributed by atoms with van der Waals surface area (Å²) in [5.74, 6) is -0.768. The summed E-state index contributed by atoms with van der Waals surface area (Å²) in [6.07, 6.45) is 0.506. The number of nitrogens with zero attached hydrogens (tertiary/aromatic N) is 1. The molecule has 0 bridgehead atoms. The van der Waals surface area contributed by atoms with Crippen molar-refractivity contribution >= 4 is 18.4 Å². The molecule has 108 valence electrons. The Morgan fingerprint density at radius 1 is 1.21 bits per heavy atom. The van der Waals surface area contributed by atoms with E-state index in [0.717, 1.165) is 19.5 Å². The fourth-order valence-electron chi connectivity index (χ4n) is 1.82. The quantitative estimate of drug-likeness (QED) is 0.593. The van der Waals surface area contributed by atoms with Gasteiger partial charge in [-0.15, -0.1) is 12.4 Å². The van der Waals surface area contributed by atoms with Gasteiger partial charge in [0, 0.05) is 0 Å². The van der Waals surface area contributed by atoms with Gasteiger partial charge in [0.2, 0.25) is 0 Å². The molecule has 0 radical (unpaired) electrons. The molecule has 0 saturated heterocycles. The van der Waals surface area contributed by atoms with E-state index in [1.165, 1.54) is 24.3 Å². The smallest absolute Gasteiger partial charge is 0.339 e. The van der Waals surface area contributed by atoms with Crippen molar-refractivity contribution < 1.29 is 13.9 Å². The minimum Gasteiger partial charge on any atom is -0.443 e. The third kappa shape index (κ3) is 5.17. The first-order chi connectivity index (χ1) is 8.62. The first kappa shape index (κ1) is 17.9. The zero-order valence-electron chi connectivity index (χ0n) is 11.6. The number of ether oxygens (including phenoxy) is 1. The maximum absolute atomic E-state index is 12.8. The monoisotopic (exact) mass is 289 g/mol. The lowest BCUT2D eigenvalue weighted by molar-refractivity contribution is -0.0306. The van der Waals surface area contributed by atoms with Crippen LogP contribution in [0.3, 0.4) is 0 Å². The highest BCUT2D eigenvalue weighted by atomic mass is 35.5. The minimum absolute atomic E-state index is 0. The Bertz CT molecular complexity index is 380. The van der Waals surface area contributed by atoms with E-state index in [4.69, 9.17) is 4.74 Å². The summed E-state index contributed by atoms with van der Waals surface area (Å²) in [6, 6.07) is 5.39. The van der Waals surface area contributed by atoms with Gasteiger partial charge in [-0.1, -0.05) is 20.8 Å². The largest absolute Gasteiger partial charge is 0.443 e. The summed E-state index contributed by atoms with van der Waals surface area (Å²) in [7, 11) is 0. The number of hydrogen-bond donors (Lipinski definition) is 0. The van der Waals surface area contributed by atoms with Crippen molar-refractivity contribution in [1.29, 1.82) is 0 Å². The van der Waals surface area contributed by atoms with E-state index in [9.17, 15) is 9.18 Å². The molecule has 1 unspecified atom stereocenters. The molecular weight excluding hydrogens is 269 g/mol. The summed E-state index contributed by atoms with van der Waals surface area (Å²) < 4.78 is 18.2. The predicted molar refractivity (Wildman–Crippen MR) is 76.1 cm³/mol. The number of hydrogen-bond acceptors (Lipinski definition) is 3. The second-order valence-electron chi connectivity index (χ2n) is 4.00. The number of benzene rings is 1. The van der Waals surface area contributed by atoms with Crippen molar-refractivity contribution in [3.8, 4) is 0 Å². The summed E-state index contributed by atoms with van der Waals surface area (Å²) in [6.45, 7) is 7.67. The van der Waals surface area contributed by atoms with Gasteiger partial charge in [-0.2, -0.15) is 0 Å². The Balaban J connectivity index is 0.00000324. The van der Waals surface area contributed by atoms with Gasteiger partial charge in [0.05, 0.1) is 5.56 Å². The molecule has 0 saturated carbocycles. The molecule has 0 aliphatic heterocycles. The molecule has 3 nitrogen and oxygen atoms in total. The molecule has 1 rings (SSSR count). The zero-order valence-corrected chi connectivity index (χ0v) is 12.4. The number of halogens is 2. The molecule has 1 atom stereocenters. The van der Waals surface area contributed by atoms with Gasteiger partial charge < -0.3 is 4.74 Å². The fraction of sp³-hybridized carbons (Fsp3) is 0.500. The summed E-state index contributed by atoms with van der Waals surface area (Å²) in [5.41, 5.74) is 0.377. The van der Waals surface area contributed by atoms with Crippen LogP contribution in [0.2, 0.25) is 0 Å². The normalized spacial score (nSPS) is 11.8. The van der Waals surface area contributed by atoms with Crippen molar-refractivity contribution in [2.75, 3.05) is 13.1 Å². The third-order valence-corrected chi connectivity index (χ3v) is 2.89. The van der Waals surface area contributed by atoms with Gasteiger partial charge in [-0.05, 0) is 43.8 Å². The first-order valence-electron chi connectivity index (χ1n) is 6.32. The molecule has 0 N–H and O–H groups in total. The highest BCUT2D eigenvalue weighted by molar-refractivity contribution is 5.89. The molecular formula is C14H21ClFNO2. The average Bonchev–Trinajstić information content (AvgIpc) is 2.39. The Hall–Kier alpha value is -1.13. The Kier molecular flexibility index (Phi) is 8.35. The molecule has 1 aromatic carbocycles. The number of rotatable bonds is 6. The summed E-state index contributed by atoms with van der Waals surface area (Å²) in [5, 5.41) is 0. The molecule has 1 aromatic rings. The molecule has 0 aliphatic rings. The molecule has 19 heavy (non-hydrogen) atoms. The van der Waals surface area contributed by atoms with Crippen LogP contribution in [0.25, 0.3) is 0 Å². The lowest BCUT2D eigenvalue weighted by Crippen LogP contribution is -2.38. The SMILES string of the molecule is CCC(OC(=O)c1ccc(F)cc1)N(CC)CC.Cl. The predicted octanol–water partition coefficient (Wildman–Crippen LogP) is 3.48. The highest BCUT2D eigenvalue weighted by Gasteiger charge is 2.19. The Morgan fingerprint density at radius 3 is 2.16 bits per heavy atom. The number of carbonyl (C=O) groups is 1. The van der Waals surface area contributed by atoms with Crippen LogP contribution >= 0.6 is 12.4 Å². The molecule has 0 aromatic heterocycles. The van der Waals surface area contributed by atoms with Crippen LogP contribution in [0.1, 0.15) is 37.6 Å². The van der Waals surface area contributed by atoms with Crippen LogP contribution in [0.15, 0.2) is 24.3 Å². The van der Waals surface area contributed by atoms with Gasteiger partial charge in [0.25, 0.3) is 0 Å². The van der Waals surface area contributed by atoms with Gasteiger partial charge in [0.1, 0.15) is 5.82 Å². The van der Waals surface area contributed by atoms with Crippen molar-refractivity contribution in [3.63, 3.8) is 0 Å². The van der Waals surface area contributed by atoms with Crippen LogP contribution in [-0.2, 0) is 4.74 Å². The van der Waals surface area contributed by atoms with Crippen LogP contribution in [0.4, 0.5) is 4.39 Å². The second kappa shape index (κ2) is 8.88. The van der Waals surface area contributed by atoms with Crippen molar-refractivity contribution in [2.24, 2.45) is 0 Å². The summed E-state index contributed by atoms with van der Waals surface area (Å²) >= 11 is 0. The average molecular weight is 290 g/mol. The fourth-order valence-corrected chi connectivity index (χ4v) is 1.82. The van der Waals surface area contributed by atoms with E-state index in [1.807, 2.05) is 20.8 Å². The van der Waals surface area contributed by atoms with E-state index < -0.39 is 5.97 Å². The topological polar surface area (TPSA) is 29.5 Å². The highest BCUT2D eigenvalue weighted by Crippen LogP contribution is 2.11. The lowest BCUT2D eigenvalue weighted by atomic mass is 10.2. The molecule has 0 spiro atoms. The Labute approximate surface area is 120 Å². The van der Waals surface area contributed by atoms with E-state index in [1.54, 1.807) is 0 Å². The van der Waals surface area contributed by atoms with Crippen molar-refractivity contribution in [3.05, 3.63) is 35.6 Å². The molecule has 0 heterocycles. The molecule has 0 aliphatic carbocycles. The summed E-state index contributed by atoms with van der Waals surface area (Å²) in [4.78, 5) is 14.0. The zero-order chi connectivity index (χ0) is 13.5. The third-order valence-electron chi connectivity index (χ3n) is 2.89. The van der Waals surface area contributed by atoms with Gasteiger partial charge in [-0.25, -0.2) is 9.18 Å². The lowest BCUT2D eigenvalue weighted by Gasteiger charge is -2.28. The van der Waals surface area contributed by atoms with Crippen molar-refractivity contribution in [2.45, 2.75) is 33.4 Å². The van der Waals surface area contributed by atoms with E-state index in [0.29, 0.717) is 5.56 Å². The maximum Gasteiger partial charge on any atom is 0.339 e. The van der Waals surface area contributed by atoms with E-state index in [-0.39, 0.29) is 24.5 Å². The Morgan fingerprint density at radius 2 is 1.74 bits per heavy atom. The van der Waals surface area contributed by atoms with Crippen molar-refractivity contribution in [1.82, 2.24) is 4.90 Å². The van der Waals surface area contributed by atoms with Gasteiger partial charge in [-0.3, -0.25) is 4.90 Å². The molecule has 0 amide bonds. The minimum atomic E-state index is -0.409. The van der Waals surface area contributed by atoms with Gasteiger partial charge in [0.15, 0.2) is 6.23 Å². The number of carbonyl (C=O) groups excluding carboxylic acids is 1. The number of esters is 1. The van der Waals surface area contributed by atoms with Gasteiger partial charge >= 0.3 is 5.97 Å².